The number of hydrogen-bond donors (Lipinski definition) is 25. The van der Waals surface area contributed by atoms with E-state index in [-0.39, 0.29) is 38.0 Å². The highest BCUT2D eigenvalue weighted by atomic mass is 16.7. The molecule has 33 heteroatoms. The Kier molecular flexibility index (Phi) is 28.9. The fourth-order valence-electron chi connectivity index (χ4n) is 12.5. The van der Waals surface area contributed by atoms with Crippen LogP contribution in [0, 0.1) is 28.1 Å². The number of carbonyl (C=O) groups excluding carboxylic acids is 1. The molecular weight excluding hydrogens is 1200 g/mol. The van der Waals surface area contributed by atoms with Crippen LogP contribution < -0.4 is 0 Å². The van der Waals surface area contributed by atoms with Crippen molar-refractivity contribution >= 4 is 5.97 Å². The zero-order valence-electron chi connectivity index (χ0n) is 49.5. The van der Waals surface area contributed by atoms with Crippen molar-refractivity contribution in [1.29, 1.82) is 0 Å². The first-order chi connectivity index (χ1) is 41.7. The molecule has 17 unspecified atom stereocenters. The maximum absolute atomic E-state index is 14.9. The average Bonchev–Trinajstić information content (AvgIpc) is 1.62. The van der Waals surface area contributed by atoms with Crippen LogP contribution in [0.2, 0.25) is 0 Å². The van der Waals surface area contributed by atoms with Crippen molar-refractivity contribution in [2.24, 2.45) is 28.1 Å². The predicted molar refractivity (Wildman–Crippen MR) is 296 cm³/mol. The second kappa shape index (κ2) is 33.6. The molecule has 0 amide bonds. The molecule has 4 rings (SSSR count). The van der Waals surface area contributed by atoms with Gasteiger partial charge in [0.05, 0.1) is 18.1 Å². The molecule has 25 N–H and O–H groups in total. The van der Waals surface area contributed by atoms with Gasteiger partial charge in [0.1, 0.15) is 54.9 Å². The van der Waals surface area contributed by atoms with E-state index in [0.717, 1.165) is 0 Å². The molecule has 0 aromatic heterocycles. The van der Waals surface area contributed by atoms with Crippen molar-refractivity contribution < 1.29 is 166 Å². The molecule has 0 aromatic carbocycles. The highest BCUT2D eigenvalue weighted by Gasteiger charge is 2.63. The van der Waals surface area contributed by atoms with Crippen LogP contribution >= 0.6 is 0 Å². The van der Waals surface area contributed by atoms with Crippen LogP contribution in [0.3, 0.4) is 0 Å². The van der Waals surface area contributed by atoms with Crippen LogP contribution in [0.5, 0.6) is 0 Å². The van der Waals surface area contributed by atoms with Gasteiger partial charge in [-0.2, -0.15) is 0 Å². The van der Waals surface area contributed by atoms with E-state index in [1.807, 2.05) is 13.8 Å². The summed E-state index contributed by atoms with van der Waals surface area (Å²) in [4.78, 5) is 14.9. The number of fused-ring (bicyclic) bond motifs is 3. The van der Waals surface area contributed by atoms with E-state index in [0.29, 0.717) is 24.8 Å². The third kappa shape index (κ3) is 18.0. The van der Waals surface area contributed by atoms with Crippen molar-refractivity contribution in [3.05, 3.63) is 69.7 Å². The fraction of sp³-hybridized carbons (Fsp3) is 0.768. The minimum Gasteiger partial charge on any atom is -0.506 e. The lowest BCUT2D eigenvalue weighted by atomic mass is 9.42. The van der Waals surface area contributed by atoms with Crippen molar-refractivity contribution in [1.82, 2.24) is 0 Å². The predicted octanol–water partition coefficient (Wildman–Crippen LogP) is -3.54. The lowest BCUT2D eigenvalue weighted by molar-refractivity contribution is -0.296. The van der Waals surface area contributed by atoms with Crippen molar-refractivity contribution in [2.45, 2.75) is 203 Å². The molecule has 0 radical (unpaired) electrons. The third-order valence-electron chi connectivity index (χ3n) is 17.2. The molecule has 0 bridgehead atoms. The standard InChI is InChI=1S/C56H92O33/c1-24-22-54(2)16-8-33-55(3,32(54)7-6-30(24)83-50(80)46(87-49(79)41(75)36(70)27(65)11-19-59)44(29(67)13-21-61)88-52-42(76)38(72)37(71)31(23-62)84-52)14-5-15-56(33,4)53(82)89-51(81)45(86-48(78)40(74)35(69)26(64)10-18-58)43(28(66)12-20-60)85-47(77)39(73)34(68)25(63)9-17-57/h25-33,37-38,42,47-52,57-81H,1,5-23H2,2-4H3/b39-34+,40-35+,41-36+,45-43-,46-44+/t25?,26?,27?,28?,29?,30?,31?,32-,33?,37?,38?,42?,47?,48?,49?,50?,51?,52?,54-,55+,56-/m1/s1. The van der Waals surface area contributed by atoms with Gasteiger partial charge in [0.2, 0.25) is 35.6 Å². The van der Waals surface area contributed by atoms with E-state index in [9.17, 15) is 132 Å². The molecule has 4 fully saturated rings. The van der Waals surface area contributed by atoms with Crippen molar-refractivity contribution in [2.75, 3.05) is 39.6 Å². The highest BCUT2D eigenvalue weighted by Crippen LogP contribution is 2.67. The van der Waals surface area contributed by atoms with E-state index in [1.54, 1.807) is 6.92 Å². The second-order valence-electron chi connectivity index (χ2n) is 23.4. The van der Waals surface area contributed by atoms with E-state index < -0.39 is 256 Å². The Morgan fingerprint density at radius 3 is 1.40 bits per heavy atom. The van der Waals surface area contributed by atoms with E-state index >= 15 is 0 Å². The molecule has 3 saturated carbocycles. The summed E-state index contributed by atoms with van der Waals surface area (Å²) in [7, 11) is 0. The monoisotopic (exact) mass is 1290 g/mol. The van der Waals surface area contributed by atoms with E-state index in [4.69, 9.17) is 33.2 Å². The van der Waals surface area contributed by atoms with Crippen LogP contribution in [0.15, 0.2) is 69.7 Å². The zero-order chi connectivity index (χ0) is 67.2. The Hall–Kier alpha value is -4.93. The molecule has 4 aliphatic rings. The summed E-state index contributed by atoms with van der Waals surface area (Å²) < 4.78 is 39.0. The topological polar surface area (TPSA) is 587 Å². The number of aliphatic hydroxyl groups is 25. The normalized spacial score (nSPS) is 32.3. The highest BCUT2D eigenvalue weighted by molar-refractivity contribution is 5.77. The molecule has 514 valence electrons. The number of rotatable bonds is 33. The van der Waals surface area contributed by atoms with E-state index in [1.165, 1.54) is 0 Å². The largest absolute Gasteiger partial charge is 0.506 e. The molecule has 1 heterocycles. The Bertz CT molecular complexity index is 2470. The van der Waals surface area contributed by atoms with Crippen LogP contribution in [-0.4, -0.2) is 272 Å². The molecule has 1 saturated heterocycles. The van der Waals surface area contributed by atoms with Gasteiger partial charge in [-0.05, 0) is 80.1 Å². The number of carbonyl (C=O) groups is 1. The van der Waals surface area contributed by atoms with Crippen molar-refractivity contribution in [3.8, 4) is 0 Å². The number of aliphatic hydroxyl groups excluding tert-OH is 25. The van der Waals surface area contributed by atoms with Gasteiger partial charge in [0, 0.05) is 65.1 Å². The Morgan fingerprint density at radius 1 is 0.506 bits per heavy atom. The third-order valence-corrected chi connectivity index (χ3v) is 17.2. The second-order valence-corrected chi connectivity index (χ2v) is 23.4. The first-order valence-corrected chi connectivity index (χ1v) is 28.9. The van der Waals surface area contributed by atoms with Gasteiger partial charge in [-0.25, -0.2) is 0 Å². The first kappa shape index (κ1) is 76.5. The van der Waals surface area contributed by atoms with Crippen LogP contribution in [-0.2, 0) is 38.0 Å². The van der Waals surface area contributed by atoms with Gasteiger partial charge in [-0.15, -0.1) is 0 Å². The Balaban J connectivity index is 1.78. The minimum absolute atomic E-state index is 0.00492. The van der Waals surface area contributed by atoms with Gasteiger partial charge < -0.3 is 161 Å². The Morgan fingerprint density at radius 2 is 0.944 bits per heavy atom. The molecule has 3 aliphatic carbocycles. The summed E-state index contributed by atoms with van der Waals surface area (Å²) in [5, 5.41) is 263. The number of ether oxygens (including phenoxy) is 7. The van der Waals surface area contributed by atoms with Gasteiger partial charge in [-0.3, -0.25) is 4.79 Å². The minimum atomic E-state index is -2.88. The van der Waals surface area contributed by atoms with Gasteiger partial charge in [0.15, 0.2) is 34.6 Å². The molecule has 0 aromatic rings. The van der Waals surface area contributed by atoms with E-state index in [2.05, 4.69) is 6.58 Å². The maximum atomic E-state index is 14.9. The maximum Gasteiger partial charge on any atom is 0.314 e. The lowest BCUT2D eigenvalue weighted by Crippen LogP contribution is -2.59. The van der Waals surface area contributed by atoms with Gasteiger partial charge in [0.25, 0.3) is 25.2 Å². The quantitative estimate of drug-likeness (QED) is 0.0131. The van der Waals surface area contributed by atoms with Crippen LogP contribution in [0.4, 0.5) is 0 Å². The summed E-state index contributed by atoms with van der Waals surface area (Å²) in [6, 6.07) is 0. The molecule has 89 heavy (non-hydrogen) atoms. The number of hydrogen-bond acceptors (Lipinski definition) is 33. The molecule has 21 atom stereocenters. The van der Waals surface area contributed by atoms with Gasteiger partial charge >= 0.3 is 5.97 Å². The van der Waals surface area contributed by atoms with Gasteiger partial charge in [-0.1, -0.05) is 26.8 Å². The lowest BCUT2D eigenvalue weighted by Gasteiger charge is -2.62. The zero-order valence-corrected chi connectivity index (χ0v) is 49.5. The smallest absolute Gasteiger partial charge is 0.314 e. The SMILES string of the molecule is C=C1C[C@@]2(C)CCC3[C@](C)(C(=O)OC(O)/C(OC(O)/C(O)=C(\O)C(O)CCO)=C(/OC(O)/C(O)=C(\O)C(O)CCO)C(O)CCO)CCC[C@@]3(C)[C@@H]2CCC1OC(O)/C(OC(O)/C(O)=C(\O)C(O)CCO)=C(\OC1OC(CO)C(O)C(O)C1O)C(O)CCO. The molecular formula is C56H92O33. The van der Waals surface area contributed by atoms with Crippen LogP contribution in [0.25, 0.3) is 0 Å². The van der Waals surface area contributed by atoms with Crippen molar-refractivity contribution in [3.63, 3.8) is 0 Å². The summed E-state index contributed by atoms with van der Waals surface area (Å²) in [6.45, 7) is 4.84. The molecule has 1 aliphatic heterocycles. The molecule has 33 nitrogen and oxygen atoms in total. The summed E-state index contributed by atoms with van der Waals surface area (Å²) in [6.07, 6.45) is -36.5. The summed E-state index contributed by atoms with van der Waals surface area (Å²) in [5.41, 5.74) is -2.72. The molecule has 0 spiro atoms. The summed E-state index contributed by atoms with van der Waals surface area (Å²) >= 11 is 0. The first-order valence-electron chi connectivity index (χ1n) is 28.9. The Labute approximate surface area is 510 Å². The van der Waals surface area contributed by atoms with Crippen LogP contribution in [0.1, 0.15) is 104 Å². The fourth-order valence-corrected chi connectivity index (χ4v) is 12.5. The number of esters is 1. The average molecular weight is 1290 g/mol. The summed E-state index contributed by atoms with van der Waals surface area (Å²) in [5.74, 6) is -15.6.